The van der Waals surface area contributed by atoms with Crippen LogP contribution < -0.4 is 0 Å². The van der Waals surface area contributed by atoms with E-state index in [1.807, 2.05) is 13.8 Å². The predicted molar refractivity (Wildman–Crippen MR) is 55.7 cm³/mol. The van der Waals surface area contributed by atoms with Crippen molar-refractivity contribution in [1.82, 2.24) is 4.98 Å². The van der Waals surface area contributed by atoms with Gasteiger partial charge in [-0.25, -0.2) is 4.39 Å². The number of ether oxygens (including phenoxy) is 1. The highest BCUT2D eigenvalue weighted by Gasteiger charge is 2.04. The van der Waals surface area contributed by atoms with Crippen LogP contribution in [0.1, 0.15) is 19.5 Å². The smallest absolute Gasteiger partial charge is 0.141 e. The summed E-state index contributed by atoms with van der Waals surface area (Å²) in [5.74, 6) is -0.432. The molecule has 0 aliphatic rings. The van der Waals surface area contributed by atoms with Crippen LogP contribution in [0.4, 0.5) is 4.39 Å². The van der Waals surface area contributed by atoms with E-state index in [9.17, 15) is 4.39 Å². The number of hydrogen-bond donors (Lipinski definition) is 1. The molecule has 1 heterocycles. The van der Waals surface area contributed by atoms with Crippen LogP contribution in [-0.4, -0.2) is 29.6 Å². The van der Waals surface area contributed by atoms with Gasteiger partial charge in [-0.05, 0) is 12.1 Å². The summed E-state index contributed by atoms with van der Waals surface area (Å²) in [6, 6.07) is 2.66. The Morgan fingerprint density at radius 1 is 1.53 bits per heavy atom. The summed E-state index contributed by atoms with van der Waals surface area (Å²) in [7, 11) is 1.47. The number of methoxy groups -OCH3 is 1. The highest BCUT2D eigenvalue weighted by molar-refractivity contribution is 5.99. The Hall–Kier alpha value is -1.49. The minimum absolute atomic E-state index is 0.134. The summed E-state index contributed by atoms with van der Waals surface area (Å²) < 4.78 is 17.2. The van der Waals surface area contributed by atoms with Gasteiger partial charge in [0.15, 0.2) is 0 Å². The van der Waals surface area contributed by atoms with E-state index >= 15 is 0 Å². The van der Waals surface area contributed by atoms with Gasteiger partial charge < -0.3 is 9.94 Å². The first kappa shape index (κ1) is 13.5. The number of oxime groups is 1. The van der Waals surface area contributed by atoms with Crippen LogP contribution in [0, 0.1) is 5.82 Å². The molecule has 1 rings (SSSR count). The van der Waals surface area contributed by atoms with Crippen LogP contribution in [0.2, 0.25) is 0 Å². The van der Waals surface area contributed by atoms with E-state index in [1.54, 1.807) is 0 Å². The fourth-order valence-electron chi connectivity index (χ4n) is 0.837. The van der Waals surface area contributed by atoms with Crippen LogP contribution in [-0.2, 0) is 4.74 Å². The molecule has 0 aliphatic carbocycles. The Morgan fingerprint density at radius 2 is 2.20 bits per heavy atom. The van der Waals surface area contributed by atoms with Crippen molar-refractivity contribution >= 4 is 5.71 Å². The molecule has 0 aliphatic heterocycles. The summed E-state index contributed by atoms with van der Waals surface area (Å²) >= 11 is 0. The van der Waals surface area contributed by atoms with Crippen LogP contribution >= 0.6 is 0 Å². The summed E-state index contributed by atoms with van der Waals surface area (Å²) in [5.41, 5.74) is 0.660. The Labute approximate surface area is 88.4 Å². The monoisotopic (exact) mass is 214 g/mol. The molecular weight excluding hydrogens is 199 g/mol. The molecule has 0 saturated carbocycles. The number of pyridine rings is 1. The Balaban J connectivity index is 0.000000921. The second kappa shape index (κ2) is 7.87. The van der Waals surface area contributed by atoms with Crippen LogP contribution in [0.5, 0.6) is 0 Å². The molecule has 0 saturated heterocycles. The lowest BCUT2D eigenvalue weighted by Crippen LogP contribution is -2.10. The van der Waals surface area contributed by atoms with Gasteiger partial charge in [0.1, 0.15) is 11.5 Å². The van der Waals surface area contributed by atoms with Gasteiger partial charge in [-0.1, -0.05) is 19.0 Å². The average Bonchev–Trinajstić information content (AvgIpc) is 2.30. The lowest BCUT2D eigenvalue weighted by atomic mass is 10.2. The third-order valence-corrected chi connectivity index (χ3v) is 1.42. The van der Waals surface area contributed by atoms with Crippen molar-refractivity contribution in [2.45, 2.75) is 13.8 Å². The zero-order valence-electron chi connectivity index (χ0n) is 9.07. The number of hydrogen-bond acceptors (Lipinski definition) is 4. The lowest BCUT2D eigenvalue weighted by Gasteiger charge is -2.01. The van der Waals surface area contributed by atoms with Crippen molar-refractivity contribution in [2.24, 2.45) is 5.16 Å². The largest absolute Gasteiger partial charge is 0.411 e. The number of rotatable bonds is 3. The van der Waals surface area contributed by atoms with E-state index < -0.39 is 5.82 Å². The fourth-order valence-corrected chi connectivity index (χ4v) is 0.837. The Morgan fingerprint density at radius 3 is 2.60 bits per heavy atom. The van der Waals surface area contributed by atoms with E-state index in [4.69, 9.17) is 9.94 Å². The normalized spacial score (nSPS) is 10.5. The first-order valence-electron chi connectivity index (χ1n) is 4.59. The van der Waals surface area contributed by atoms with Crippen molar-refractivity contribution in [3.05, 3.63) is 29.8 Å². The third kappa shape index (κ3) is 4.51. The van der Waals surface area contributed by atoms with Gasteiger partial charge in [0.05, 0.1) is 18.5 Å². The van der Waals surface area contributed by atoms with Crippen molar-refractivity contribution < 1.29 is 14.3 Å². The van der Waals surface area contributed by atoms with Gasteiger partial charge in [0, 0.05) is 7.11 Å². The highest BCUT2D eigenvalue weighted by atomic mass is 19.1. The topological polar surface area (TPSA) is 54.7 Å². The predicted octanol–water partition coefficient (Wildman–Crippen LogP) is 2.07. The summed E-state index contributed by atoms with van der Waals surface area (Å²) in [6.45, 7) is 4.13. The summed E-state index contributed by atoms with van der Waals surface area (Å²) in [6.07, 6.45) is 1.05. The average molecular weight is 214 g/mol. The van der Waals surface area contributed by atoms with Gasteiger partial charge in [-0.2, -0.15) is 0 Å². The molecule has 15 heavy (non-hydrogen) atoms. The lowest BCUT2D eigenvalue weighted by molar-refractivity contribution is 0.237. The molecule has 0 bridgehead atoms. The molecule has 1 aromatic rings. The number of aromatic nitrogens is 1. The molecule has 0 fully saturated rings. The van der Waals surface area contributed by atoms with Gasteiger partial charge in [-0.15, -0.1) is 0 Å². The molecule has 4 nitrogen and oxygen atoms in total. The molecule has 84 valence electrons. The fraction of sp³-hybridized carbons (Fsp3) is 0.400. The van der Waals surface area contributed by atoms with Crippen LogP contribution in [0.3, 0.4) is 0 Å². The van der Waals surface area contributed by atoms with Gasteiger partial charge >= 0.3 is 0 Å². The molecule has 0 atom stereocenters. The number of halogens is 1. The molecule has 5 heteroatoms. The molecule has 1 aromatic heterocycles. The first-order chi connectivity index (χ1) is 7.27. The highest BCUT2D eigenvalue weighted by Crippen LogP contribution is 2.00. The summed E-state index contributed by atoms with van der Waals surface area (Å²) in [4.78, 5) is 3.72. The van der Waals surface area contributed by atoms with Crippen molar-refractivity contribution in [1.29, 1.82) is 0 Å². The van der Waals surface area contributed by atoms with E-state index in [0.717, 1.165) is 6.20 Å². The van der Waals surface area contributed by atoms with Crippen molar-refractivity contribution in [3.8, 4) is 0 Å². The van der Waals surface area contributed by atoms with Crippen LogP contribution in [0.15, 0.2) is 23.5 Å². The Kier molecular flexibility index (Phi) is 7.09. The maximum atomic E-state index is 12.4. The molecular formula is C10H15FN2O2. The second-order valence-electron chi connectivity index (χ2n) is 2.34. The standard InChI is InChI=1S/C8H9FN2O2.C2H6/c1-13-5-8(11-12)7-3-2-6(9)4-10-7;1-2/h2-4,12H,5H2,1H3;1-2H3/b11-8-;. The molecule has 0 spiro atoms. The molecule has 0 aromatic carbocycles. The van der Waals surface area contributed by atoms with E-state index in [-0.39, 0.29) is 12.3 Å². The minimum atomic E-state index is -0.432. The summed E-state index contributed by atoms with van der Waals surface area (Å²) in [5, 5.41) is 11.5. The maximum Gasteiger partial charge on any atom is 0.141 e. The second-order valence-corrected chi connectivity index (χ2v) is 2.34. The Bertz CT molecular complexity index is 299. The van der Waals surface area contributed by atoms with Crippen molar-refractivity contribution in [2.75, 3.05) is 13.7 Å². The number of nitrogens with zero attached hydrogens (tertiary/aromatic N) is 2. The van der Waals surface area contributed by atoms with Crippen LogP contribution in [0.25, 0.3) is 0 Å². The third-order valence-electron chi connectivity index (χ3n) is 1.42. The SMILES string of the molecule is CC.COC/C(=N/O)c1ccc(F)cn1. The van der Waals surface area contributed by atoms with Crippen molar-refractivity contribution in [3.63, 3.8) is 0 Å². The van der Waals surface area contributed by atoms with E-state index in [0.29, 0.717) is 5.69 Å². The quantitative estimate of drug-likeness (QED) is 0.476. The van der Waals surface area contributed by atoms with Gasteiger partial charge in [-0.3, -0.25) is 4.98 Å². The van der Waals surface area contributed by atoms with E-state index in [2.05, 4.69) is 10.1 Å². The zero-order valence-corrected chi connectivity index (χ0v) is 9.07. The van der Waals surface area contributed by atoms with Gasteiger partial charge in [0.2, 0.25) is 0 Å². The molecule has 0 radical (unpaired) electrons. The molecule has 1 N–H and O–H groups in total. The van der Waals surface area contributed by atoms with E-state index in [1.165, 1.54) is 19.2 Å². The molecule has 0 amide bonds. The first-order valence-corrected chi connectivity index (χ1v) is 4.59. The molecule has 0 unspecified atom stereocenters. The maximum absolute atomic E-state index is 12.4. The zero-order chi connectivity index (χ0) is 11.7. The minimum Gasteiger partial charge on any atom is -0.411 e. The van der Waals surface area contributed by atoms with Gasteiger partial charge in [0.25, 0.3) is 0 Å².